The van der Waals surface area contributed by atoms with Crippen LogP contribution in [0.25, 0.3) is 16.8 Å². The van der Waals surface area contributed by atoms with E-state index in [1.807, 2.05) is 30.5 Å². The lowest BCUT2D eigenvalue weighted by molar-refractivity contribution is 0.416. The summed E-state index contributed by atoms with van der Waals surface area (Å²) in [6.07, 6.45) is 5.90. The van der Waals surface area contributed by atoms with E-state index < -0.39 is 0 Å². The predicted octanol–water partition coefficient (Wildman–Crippen LogP) is 6.02. The number of para-hydroxylation sites is 1. The van der Waals surface area contributed by atoms with Crippen LogP contribution < -0.4 is 4.74 Å². The molecule has 1 aliphatic rings. The molecule has 1 aliphatic heterocycles. The Morgan fingerprint density at radius 1 is 0.964 bits per heavy atom. The monoisotopic (exact) mass is 368 g/mol. The van der Waals surface area contributed by atoms with Gasteiger partial charge < -0.3 is 9.72 Å². The Bertz CT molecular complexity index is 1090. The SMILES string of the molecule is COc1ccccc1-c1ccc(/C(=C2/C=CC=N2)c2c(C)cc(C)cc2C)[nH]1. The fourth-order valence-corrected chi connectivity index (χ4v) is 3.99. The van der Waals surface area contributed by atoms with Crippen LogP contribution in [-0.4, -0.2) is 18.3 Å². The van der Waals surface area contributed by atoms with Gasteiger partial charge in [-0.25, -0.2) is 0 Å². The van der Waals surface area contributed by atoms with E-state index >= 15 is 0 Å². The molecular weight excluding hydrogens is 344 g/mol. The van der Waals surface area contributed by atoms with E-state index in [0.29, 0.717) is 0 Å². The highest BCUT2D eigenvalue weighted by Crippen LogP contribution is 2.36. The lowest BCUT2D eigenvalue weighted by Gasteiger charge is -2.16. The molecule has 28 heavy (non-hydrogen) atoms. The number of hydrogen-bond donors (Lipinski definition) is 1. The van der Waals surface area contributed by atoms with Crippen molar-refractivity contribution in [3.63, 3.8) is 0 Å². The molecule has 1 N–H and O–H groups in total. The van der Waals surface area contributed by atoms with Crippen LogP contribution in [0, 0.1) is 20.8 Å². The molecule has 3 heteroatoms. The second-order valence-electron chi connectivity index (χ2n) is 7.16. The van der Waals surface area contributed by atoms with Crippen LogP contribution in [0.3, 0.4) is 0 Å². The maximum Gasteiger partial charge on any atom is 0.128 e. The van der Waals surface area contributed by atoms with E-state index in [9.17, 15) is 0 Å². The van der Waals surface area contributed by atoms with Crippen molar-refractivity contribution in [1.29, 1.82) is 0 Å². The van der Waals surface area contributed by atoms with Gasteiger partial charge in [-0.15, -0.1) is 0 Å². The normalized spacial score (nSPS) is 14.6. The molecule has 0 saturated heterocycles. The van der Waals surface area contributed by atoms with Crippen molar-refractivity contribution >= 4 is 11.8 Å². The quantitative estimate of drug-likeness (QED) is 0.601. The smallest absolute Gasteiger partial charge is 0.128 e. The van der Waals surface area contributed by atoms with Crippen LogP contribution in [0.2, 0.25) is 0 Å². The van der Waals surface area contributed by atoms with Crippen LogP contribution in [-0.2, 0) is 0 Å². The molecule has 0 unspecified atom stereocenters. The molecule has 0 aliphatic carbocycles. The van der Waals surface area contributed by atoms with E-state index in [0.717, 1.165) is 34.0 Å². The molecule has 2 aromatic carbocycles. The van der Waals surface area contributed by atoms with Gasteiger partial charge in [-0.1, -0.05) is 29.8 Å². The topological polar surface area (TPSA) is 37.4 Å². The van der Waals surface area contributed by atoms with Gasteiger partial charge in [-0.2, -0.15) is 0 Å². The van der Waals surface area contributed by atoms with E-state index in [4.69, 9.17) is 4.74 Å². The Balaban J connectivity index is 1.90. The zero-order chi connectivity index (χ0) is 19.7. The first-order chi connectivity index (χ1) is 13.6. The Kier molecular flexibility index (Phi) is 4.74. The zero-order valence-corrected chi connectivity index (χ0v) is 16.7. The fraction of sp³-hybridized carbons (Fsp3) is 0.160. The minimum atomic E-state index is 0.853. The van der Waals surface area contributed by atoms with Gasteiger partial charge in [-0.05, 0) is 73.9 Å². The molecule has 0 fully saturated rings. The lowest BCUT2D eigenvalue weighted by Crippen LogP contribution is -1.99. The van der Waals surface area contributed by atoms with Gasteiger partial charge in [0.05, 0.1) is 12.8 Å². The third-order valence-electron chi connectivity index (χ3n) is 5.09. The summed E-state index contributed by atoms with van der Waals surface area (Å²) in [5.74, 6) is 0.853. The summed E-state index contributed by atoms with van der Waals surface area (Å²) in [6.45, 7) is 6.48. The minimum absolute atomic E-state index is 0.853. The highest BCUT2D eigenvalue weighted by atomic mass is 16.5. The van der Waals surface area contributed by atoms with E-state index in [2.05, 4.69) is 67.2 Å². The van der Waals surface area contributed by atoms with Crippen molar-refractivity contribution in [3.8, 4) is 17.0 Å². The van der Waals surface area contributed by atoms with Crippen molar-refractivity contribution in [3.05, 3.63) is 94.3 Å². The second kappa shape index (κ2) is 7.35. The number of H-pyrrole nitrogens is 1. The van der Waals surface area contributed by atoms with Gasteiger partial charge in [0.2, 0.25) is 0 Å². The third-order valence-corrected chi connectivity index (χ3v) is 5.09. The molecule has 0 saturated carbocycles. The molecule has 0 radical (unpaired) electrons. The molecular formula is C25H24N2O. The molecule has 0 amide bonds. The molecule has 1 aromatic heterocycles. The van der Waals surface area contributed by atoms with Crippen molar-refractivity contribution in [2.45, 2.75) is 20.8 Å². The van der Waals surface area contributed by atoms with Crippen molar-refractivity contribution in [2.24, 2.45) is 4.99 Å². The highest BCUT2D eigenvalue weighted by Gasteiger charge is 2.18. The number of allylic oxidation sites excluding steroid dienone is 2. The summed E-state index contributed by atoms with van der Waals surface area (Å²) in [5, 5.41) is 0. The third kappa shape index (κ3) is 3.20. The number of aryl methyl sites for hydroxylation is 3. The van der Waals surface area contributed by atoms with Gasteiger partial charge >= 0.3 is 0 Å². The van der Waals surface area contributed by atoms with Crippen LogP contribution in [0.15, 0.2) is 71.4 Å². The number of nitrogens with one attached hydrogen (secondary N) is 1. The first-order valence-corrected chi connectivity index (χ1v) is 9.44. The van der Waals surface area contributed by atoms with Crippen molar-refractivity contribution < 1.29 is 4.74 Å². The van der Waals surface area contributed by atoms with Gasteiger partial charge in [0.1, 0.15) is 5.75 Å². The van der Waals surface area contributed by atoms with Gasteiger partial charge in [0.15, 0.2) is 0 Å². The number of methoxy groups -OCH3 is 1. The molecule has 3 aromatic rings. The second-order valence-corrected chi connectivity index (χ2v) is 7.16. The number of rotatable bonds is 4. The first kappa shape index (κ1) is 18.1. The Morgan fingerprint density at radius 3 is 2.39 bits per heavy atom. The fourth-order valence-electron chi connectivity index (χ4n) is 3.99. The average molecular weight is 368 g/mol. The summed E-state index contributed by atoms with van der Waals surface area (Å²) in [7, 11) is 1.70. The zero-order valence-electron chi connectivity index (χ0n) is 16.7. The largest absolute Gasteiger partial charge is 0.496 e. The predicted molar refractivity (Wildman–Crippen MR) is 117 cm³/mol. The molecule has 0 spiro atoms. The summed E-state index contributed by atoms with van der Waals surface area (Å²) in [5.41, 5.74) is 10.2. The standard InChI is InChI=1S/C25H24N2O/c1-16-14-17(2)24(18(3)15-16)25(21-9-7-13-26-21)22-12-11-20(27-22)19-8-5-6-10-23(19)28-4/h5-15,27H,1-4H3/b25-21+. The summed E-state index contributed by atoms with van der Waals surface area (Å²) in [6, 6.07) is 16.8. The molecule has 140 valence electrons. The maximum absolute atomic E-state index is 5.54. The molecule has 3 nitrogen and oxygen atoms in total. The number of nitrogens with zero attached hydrogens (tertiary/aromatic N) is 1. The number of aromatic amines is 1. The highest BCUT2D eigenvalue weighted by molar-refractivity contribution is 5.90. The Hall–Kier alpha value is -3.33. The Labute approximate surface area is 166 Å². The van der Waals surface area contributed by atoms with Crippen molar-refractivity contribution in [2.75, 3.05) is 7.11 Å². The number of aromatic nitrogens is 1. The van der Waals surface area contributed by atoms with Crippen LogP contribution in [0.4, 0.5) is 0 Å². The van der Waals surface area contributed by atoms with Crippen LogP contribution in [0.1, 0.15) is 27.9 Å². The Morgan fingerprint density at radius 2 is 1.71 bits per heavy atom. The summed E-state index contributed by atoms with van der Waals surface area (Å²) < 4.78 is 5.54. The average Bonchev–Trinajstić information content (AvgIpc) is 3.36. The number of ether oxygens (including phenoxy) is 1. The first-order valence-electron chi connectivity index (χ1n) is 9.44. The molecule has 4 rings (SSSR count). The van der Waals surface area contributed by atoms with Gasteiger partial charge in [0.25, 0.3) is 0 Å². The van der Waals surface area contributed by atoms with Crippen molar-refractivity contribution in [1.82, 2.24) is 4.98 Å². The van der Waals surface area contributed by atoms with Gasteiger partial charge in [-0.3, -0.25) is 4.99 Å². The van der Waals surface area contributed by atoms with E-state index in [-0.39, 0.29) is 0 Å². The maximum atomic E-state index is 5.54. The van der Waals surface area contributed by atoms with Gasteiger partial charge in [0, 0.05) is 28.7 Å². The van der Waals surface area contributed by atoms with Crippen LogP contribution in [0.5, 0.6) is 5.75 Å². The van der Waals surface area contributed by atoms with E-state index in [1.165, 1.54) is 22.3 Å². The van der Waals surface area contributed by atoms with E-state index in [1.54, 1.807) is 7.11 Å². The number of hydrogen-bond acceptors (Lipinski definition) is 2. The summed E-state index contributed by atoms with van der Waals surface area (Å²) in [4.78, 5) is 8.21. The molecule has 0 atom stereocenters. The van der Waals surface area contributed by atoms with Crippen LogP contribution >= 0.6 is 0 Å². The lowest BCUT2D eigenvalue weighted by atomic mass is 9.91. The summed E-state index contributed by atoms with van der Waals surface area (Å²) >= 11 is 0. The number of benzene rings is 2. The molecule has 0 bridgehead atoms. The molecule has 2 heterocycles. The number of aliphatic imine (C=N–C) groups is 1. The minimum Gasteiger partial charge on any atom is -0.496 e.